The van der Waals surface area contributed by atoms with Crippen LogP contribution in [0.1, 0.15) is 30.0 Å². The van der Waals surface area contributed by atoms with E-state index < -0.39 is 17.9 Å². The molecule has 0 spiro atoms. The van der Waals surface area contributed by atoms with Gasteiger partial charge in [-0.2, -0.15) is 11.8 Å². The van der Waals surface area contributed by atoms with Crippen molar-refractivity contribution >= 4 is 40.2 Å². The van der Waals surface area contributed by atoms with Crippen LogP contribution in [0, 0.1) is 13.8 Å². The zero-order valence-corrected chi connectivity index (χ0v) is 17.0. The molecule has 1 unspecified atom stereocenters. The highest BCUT2D eigenvalue weighted by molar-refractivity contribution is 7.98. The lowest BCUT2D eigenvalue weighted by molar-refractivity contribution is -0.141. The average molecular weight is 391 g/mol. The fraction of sp³-hybridized carbons (Fsp3) is 0.400. The second kappa shape index (κ2) is 8.99. The van der Waals surface area contributed by atoms with Crippen molar-refractivity contribution in [1.29, 1.82) is 0 Å². The van der Waals surface area contributed by atoms with Crippen molar-refractivity contribution in [3.8, 4) is 5.75 Å². The van der Waals surface area contributed by atoms with Gasteiger partial charge in [-0.1, -0.05) is 0 Å². The van der Waals surface area contributed by atoms with E-state index in [-0.39, 0.29) is 0 Å². The van der Waals surface area contributed by atoms with Crippen LogP contribution < -0.4 is 10.1 Å². The third-order valence-electron chi connectivity index (χ3n) is 4.44. The van der Waals surface area contributed by atoms with E-state index in [1.807, 2.05) is 26.2 Å². The number of aryl methyl sites for hydroxylation is 2. The van der Waals surface area contributed by atoms with Crippen LogP contribution >= 0.6 is 11.8 Å². The van der Waals surface area contributed by atoms with E-state index in [0.717, 1.165) is 27.7 Å². The Morgan fingerprint density at radius 2 is 2.11 bits per heavy atom. The van der Waals surface area contributed by atoms with Crippen LogP contribution in [0.5, 0.6) is 5.75 Å². The van der Waals surface area contributed by atoms with E-state index in [2.05, 4.69) is 5.32 Å². The maximum Gasteiger partial charge on any atom is 0.326 e. The van der Waals surface area contributed by atoms with Gasteiger partial charge in [0.05, 0.1) is 13.4 Å². The molecule has 1 aromatic heterocycles. The van der Waals surface area contributed by atoms with Crippen LogP contribution in [0.3, 0.4) is 0 Å². The zero-order valence-electron chi connectivity index (χ0n) is 16.2. The Hall–Kier alpha value is -2.41. The van der Waals surface area contributed by atoms with Crippen molar-refractivity contribution in [3.05, 3.63) is 35.1 Å². The molecule has 0 saturated carbocycles. The number of carbonyl (C=O) groups is 2. The van der Waals surface area contributed by atoms with Crippen molar-refractivity contribution in [2.24, 2.45) is 0 Å². The summed E-state index contributed by atoms with van der Waals surface area (Å²) in [5.41, 5.74) is 4.07. The van der Waals surface area contributed by atoms with E-state index in [1.54, 1.807) is 20.3 Å². The number of nitrogens with one attached hydrogen (secondary N) is 1. The van der Waals surface area contributed by atoms with Crippen molar-refractivity contribution < 1.29 is 23.8 Å². The number of benzene rings is 1. The lowest BCUT2D eigenvalue weighted by Crippen LogP contribution is -2.40. The van der Waals surface area contributed by atoms with E-state index in [0.29, 0.717) is 23.5 Å². The Morgan fingerprint density at radius 3 is 2.70 bits per heavy atom. The second-order valence-electron chi connectivity index (χ2n) is 6.39. The SMILES string of the molecule is COc1c(/C(C)=C/C(=O)NC(CCSC)C(=O)O)cc2c(C)coc2c1C. The number of furan rings is 1. The summed E-state index contributed by atoms with van der Waals surface area (Å²) in [6.45, 7) is 5.66. The van der Waals surface area contributed by atoms with Crippen molar-refractivity contribution in [2.75, 3.05) is 19.1 Å². The molecule has 0 aliphatic rings. The summed E-state index contributed by atoms with van der Waals surface area (Å²) < 4.78 is 11.1. The molecule has 0 fully saturated rings. The second-order valence-corrected chi connectivity index (χ2v) is 7.37. The van der Waals surface area contributed by atoms with Gasteiger partial charge in [0.25, 0.3) is 0 Å². The first-order valence-electron chi connectivity index (χ1n) is 8.56. The van der Waals surface area contributed by atoms with Gasteiger partial charge in [0, 0.05) is 22.6 Å². The van der Waals surface area contributed by atoms with Gasteiger partial charge in [-0.05, 0) is 56.4 Å². The predicted octanol–water partition coefficient (Wildman–Crippen LogP) is 3.78. The number of hydrogen-bond acceptors (Lipinski definition) is 5. The van der Waals surface area contributed by atoms with Crippen LogP contribution in [0.4, 0.5) is 0 Å². The quantitative estimate of drug-likeness (QED) is 0.666. The number of carbonyl (C=O) groups excluding carboxylic acids is 1. The minimum Gasteiger partial charge on any atom is -0.496 e. The molecule has 2 aromatic rings. The molecule has 2 rings (SSSR count). The number of ether oxygens (including phenoxy) is 1. The first kappa shape index (κ1) is 20.9. The molecule has 7 heteroatoms. The summed E-state index contributed by atoms with van der Waals surface area (Å²) in [6, 6.07) is 1.03. The van der Waals surface area contributed by atoms with E-state index in [4.69, 9.17) is 9.15 Å². The van der Waals surface area contributed by atoms with Gasteiger partial charge in [-0.3, -0.25) is 4.79 Å². The molecule has 0 saturated heterocycles. The number of carboxylic acids is 1. The third-order valence-corrected chi connectivity index (χ3v) is 5.08. The maximum atomic E-state index is 12.4. The molecule has 1 heterocycles. The van der Waals surface area contributed by atoms with Gasteiger partial charge in [-0.15, -0.1) is 0 Å². The third kappa shape index (κ3) is 4.66. The lowest BCUT2D eigenvalue weighted by atomic mass is 9.98. The van der Waals surface area contributed by atoms with Gasteiger partial charge in [0.1, 0.15) is 17.4 Å². The van der Waals surface area contributed by atoms with Crippen LogP contribution in [-0.2, 0) is 9.59 Å². The van der Waals surface area contributed by atoms with E-state index in [1.165, 1.54) is 17.8 Å². The first-order valence-corrected chi connectivity index (χ1v) is 9.95. The van der Waals surface area contributed by atoms with Gasteiger partial charge >= 0.3 is 5.97 Å². The monoisotopic (exact) mass is 391 g/mol. The topological polar surface area (TPSA) is 88.8 Å². The maximum absolute atomic E-state index is 12.4. The Kier molecular flexibility index (Phi) is 6.96. The molecule has 0 aliphatic heterocycles. The molecule has 0 aliphatic carbocycles. The number of fused-ring (bicyclic) bond motifs is 1. The highest BCUT2D eigenvalue weighted by Gasteiger charge is 2.20. The minimum atomic E-state index is -1.03. The molecule has 1 aromatic carbocycles. The smallest absolute Gasteiger partial charge is 0.326 e. The van der Waals surface area contributed by atoms with Crippen LogP contribution in [-0.4, -0.2) is 42.1 Å². The number of hydrogen-bond donors (Lipinski definition) is 2. The lowest BCUT2D eigenvalue weighted by Gasteiger charge is -2.15. The van der Waals surface area contributed by atoms with Crippen molar-refractivity contribution in [3.63, 3.8) is 0 Å². The molecule has 2 N–H and O–H groups in total. The Labute approximate surface area is 163 Å². The largest absolute Gasteiger partial charge is 0.496 e. The molecule has 0 radical (unpaired) electrons. The van der Waals surface area contributed by atoms with E-state index >= 15 is 0 Å². The number of rotatable bonds is 8. The standard InChI is InChI=1S/C20H25NO5S/c1-11(8-17(22)21-16(20(23)24)6-7-27-5)14-9-15-12(2)10-26-19(15)13(3)18(14)25-4/h8-10,16H,6-7H2,1-5H3,(H,21,22)(H,23,24)/b11-8+. The molecule has 0 bridgehead atoms. The van der Waals surface area contributed by atoms with Crippen LogP contribution in [0.25, 0.3) is 16.5 Å². The number of allylic oxidation sites excluding steroid dienone is 1. The minimum absolute atomic E-state index is 0.373. The molecule has 146 valence electrons. The van der Waals surface area contributed by atoms with Gasteiger partial charge in [0.15, 0.2) is 0 Å². The zero-order chi connectivity index (χ0) is 20.1. The molecule has 1 amide bonds. The number of carboxylic acid groups (broad SMARTS) is 1. The van der Waals surface area contributed by atoms with Crippen LogP contribution in [0.2, 0.25) is 0 Å². The number of amides is 1. The molecular formula is C20H25NO5S. The Morgan fingerprint density at radius 1 is 1.41 bits per heavy atom. The summed E-state index contributed by atoms with van der Waals surface area (Å²) in [7, 11) is 1.57. The summed E-state index contributed by atoms with van der Waals surface area (Å²) >= 11 is 1.54. The van der Waals surface area contributed by atoms with Crippen molar-refractivity contribution in [2.45, 2.75) is 33.2 Å². The number of methoxy groups -OCH3 is 1. The number of aliphatic carboxylic acids is 1. The Bertz CT molecular complexity index is 884. The van der Waals surface area contributed by atoms with Crippen LogP contribution in [0.15, 0.2) is 22.8 Å². The normalized spacial score (nSPS) is 12.9. The summed E-state index contributed by atoms with van der Waals surface area (Å²) in [5.74, 6) is -0.184. The average Bonchev–Trinajstić information content (AvgIpc) is 2.99. The molecular weight excluding hydrogens is 366 g/mol. The van der Waals surface area contributed by atoms with Gasteiger partial charge < -0.3 is 19.6 Å². The summed E-state index contributed by atoms with van der Waals surface area (Å²) in [4.78, 5) is 23.7. The summed E-state index contributed by atoms with van der Waals surface area (Å²) in [5, 5.41) is 12.8. The molecule has 1 atom stereocenters. The fourth-order valence-electron chi connectivity index (χ4n) is 2.97. The fourth-order valence-corrected chi connectivity index (χ4v) is 3.45. The molecule has 27 heavy (non-hydrogen) atoms. The van der Waals surface area contributed by atoms with E-state index in [9.17, 15) is 14.7 Å². The highest BCUT2D eigenvalue weighted by Crippen LogP contribution is 2.37. The van der Waals surface area contributed by atoms with Crippen molar-refractivity contribution in [1.82, 2.24) is 5.32 Å². The first-order chi connectivity index (χ1) is 12.8. The van der Waals surface area contributed by atoms with Gasteiger partial charge in [-0.25, -0.2) is 4.79 Å². The number of thioether (sulfide) groups is 1. The highest BCUT2D eigenvalue weighted by atomic mass is 32.2. The summed E-state index contributed by atoms with van der Waals surface area (Å²) in [6.07, 6.45) is 5.37. The predicted molar refractivity (Wildman–Crippen MR) is 108 cm³/mol. The molecule has 6 nitrogen and oxygen atoms in total. The van der Waals surface area contributed by atoms with Gasteiger partial charge in [0.2, 0.25) is 5.91 Å². The Balaban J connectivity index is 2.35.